The average Bonchev–Trinajstić information content (AvgIpc) is 2.65. The van der Waals surface area contributed by atoms with Crippen LogP contribution in [0, 0.1) is 6.92 Å². The lowest BCUT2D eigenvalue weighted by molar-refractivity contribution is 0.414. The molecule has 0 saturated carbocycles. The summed E-state index contributed by atoms with van der Waals surface area (Å²) in [5, 5.41) is 4.25. The summed E-state index contributed by atoms with van der Waals surface area (Å²) < 4.78 is 5.20. The van der Waals surface area contributed by atoms with Gasteiger partial charge in [0.2, 0.25) is 0 Å². The molecular weight excluding hydrogens is 362 g/mol. The van der Waals surface area contributed by atoms with Crippen LogP contribution in [0.1, 0.15) is 28.7 Å². The van der Waals surface area contributed by atoms with E-state index >= 15 is 0 Å². The van der Waals surface area contributed by atoms with Crippen molar-refractivity contribution >= 4 is 11.6 Å². The van der Waals surface area contributed by atoms with Gasteiger partial charge in [-0.2, -0.15) is 0 Å². The number of aryl methyl sites for hydroxylation is 1. The average molecular weight is 384 g/mol. The molecule has 0 spiro atoms. The van der Waals surface area contributed by atoms with E-state index in [4.69, 9.17) is 16.3 Å². The van der Waals surface area contributed by atoms with Crippen LogP contribution in [0.25, 0.3) is 0 Å². The first kappa shape index (κ1) is 19.1. The van der Waals surface area contributed by atoms with Crippen molar-refractivity contribution in [2.45, 2.75) is 25.9 Å². The Morgan fingerprint density at radius 2 is 1.85 bits per heavy atom. The number of rotatable bonds is 7. The maximum atomic E-state index is 11.8. The van der Waals surface area contributed by atoms with E-state index in [-0.39, 0.29) is 11.6 Å². The number of methoxy groups -OCH3 is 1. The van der Waals surface area contributed by atoms with Gasteiger partial charge in [0.15, 0.2) is 0 Å². The smallest absolute Gasteiger partial charge is 0.251 e. The zero-order valence-electron chi connectivity index (χ0n) is 15.3. The molecule has 140 valence electrons. The summed E-state index contributed by atoms with van der Waals surface area (Å²) in [4.78, 5) is 18.9. The van der Waals surface area contributed by atoms with Gasteiger partial charge in [-0.3, -0.25) is 4.79 Å². The Hall–Kier alpha value is -2.63. The predicted molar refractivity (Wildman–Crippen MR) is 107 cm³/mol. The summed E-state index contributed by atoms with van der Waals surface area (Å²) in [5.41, 5.74) is 2.85. The summed E-state index contributed by atoms with van der Waals surface area (Å²) in [6, 6.07) is 17.2. The first-order valence-corrected chi connectivity index (χ1v) is 9.10. The fourth-order valence-corrected chi connectivity index (χ4v) is 3.07. The number of benzene rings is 2. The van der Waals surface area contributed by atoms with E-state index in [1.165, 1.54) is 0 Å². The molecule has 0 aliphatic heterocycles. The molecule has 0 saturated heterocycles. The minimum Gasteiger partial charge on any atom is -0.497 e. The molecule has 0 fully saturated rings. The molecule has 0 aliphatic carbocycles. The number of H-pyrrole nitrogens is 1. The number of nitrogens with zero attached hydrogens (tertiary/aromatic N) is 1. The lowest BCUT2D eigenvalue weighted by Gasteiger charge is -2.19. The molecule has 0 amide bonds. The number of hydrogen-bond acceptors (Lipinski definition) is 4. The third-order valence-electron chi connectivity index (χ3n) is 4.31. The number of aromatic amines is 1. The number of aromatic nitrogens is 2. The zero-order chi connectivity index (χ0) is 19.2. The van der Waals surface area contributed by atoms with Gasteiger partial charge in [0.1, 0.15) is 11.6 Å². The molecule has 1 heterocycles. The van der Waals surface area contributed by atoms with E-state index in [2.05, 4.69) is 15.3 Å². The highest BCUT2D eigenvalue weighted by Gasteiger charge is 2.14. The quantitative estimate of drug-likeness (QED) is 0.651. The fraction of sp³-hybridized carbons (Fsp3) is 0.238. The summed E-state index contributed by atoms with van der Waals surface area (Å²) in [6.45, 7) is 2.46. The van der Waals surface area contributed by atoms with Crippen molar-refractivity contribution in [3.05, 3.63) is 92.6 Å². The van der Waals surface area contributed by atoms with Crippen LogP contribution in [0.4, 0.5) is 0 Å². The molecule has 0 bridgehead atoms. The number of ether oxygens (including phenoxy) is 1. The van der Waals surface area contributed by atoms with Crippen molar-refractivity contribution in [1.29, 1.82) is 0 Å². The van der Waals surface area contributed by atoms with Gasteiger partial charge in [0.25, 0.3) is 5.56 Å². The molecule has 0 radical (unpaired) electrons. The fourth-order valence-electron chi connectivity index (χ4n) is 2.94. The van der Waals surface area contributed by atoms with Crippen LogP contribution < -0.4 is 15.6 Å². The number of hydrogen-bond donors (Lipinski definition) is 2. The van der Waals surface area contributed by atoms with Crippen LogP contribution in [-0.2, 0) is 13.0 Å². The van der Waals surface area contributed by atoms with Gasteiger partial charge in [-0.1, -0.05) is 35.9 Å². The molecule has 1 aromatic heterocycles. The van der Waals surface area contributed by atoms with Crippen molar-refractivity contribution < 1.29 is 4.74 Å². The van der Waals surface area contributed by atoms with Crippen LogP contribution in [0.15, 0.2) is 59.4 Å². The van der Waals surface area contributed by atoms with Crippen LogP contribution >= 0.6 is 11.6 Å². The largest absolute Gasteiger partial charge is 0.497 e. The maximum absolute atomic E-state index is 11.8. The van der Waals surface area contributed by atoms with Crippen LogP contribution in [0.5, 0.6) is 5.75 Å². The van der Waals surface area contributed by atoms with Gasteiger partial charge < -0.3 is 15.0 Å². The molecule has 27 heavy (non-hydrogen) atoms. The molecule has 5 nitrogen and oxygen atoms in total. The second kappa shape index (κ2) is 8.84. The molecule has 3 aromatic rings. The Balaban J connectivity index is 1.80. The van der Waals surface area contributed by atoms with Crippen molar-refractivity contribution in [3.8, 4) is 5.75 Å². The zero-order valence-corrected chi connectivity index (χ0v) is 16.1. The van der Waals surface area contributed by atoms with Gasteiger partial charge in [-0.05, 0) is 42.3 Å². The monoisotopic (exact) mass is 383 g/mol. The third-order valence-corrected chi connectivity index (χ3v) is 4.56. The van der Waals surface area contributed by atoms with Gasteiger partial charge >= 0.3 is 0 Å². The highest BCUT2D eigenvalue weighted by atomic mass is 35.5. The molecule has 0 aliphatic rings. The second-order valence-corrected chi connectivity index (χ2v) is 6.80. The van der Waals surface area contributed by atoms with E-state index in [1.54, 1.807) is 20.1 Å². The Kier molecular flexibility index (Phi) is 6.27. The predicted octanol–water partition coefficient (Wildman–Crippen LogP) is 3.81. The summed E-state index contributed by atoms with van der Waals surface area (Å²) in [6.07, 6.45) is 0.600. The van der Waals surface area contributed by atoms with Crippen LogP contribution in [-0.4, -0.2) is 17.1 Å². The molecule has 2 aromatic carbocycles. The van der Waals surface area contributed by atoms with Crippen molar-refractivity contribution in [1.82, 2.24) is 15.3 Å². The molecule has 6 heteroatoms. The molecule has 0 unspecified atom stereocenters. The molecule has 1 atom stereocenters. The van der Waals surface area contributed by atoms with Crippen LogP contribution in [0.2, 0.25) is 5.02 Å². The molecule has 3 rings (SSSR count). The van der Waals surface area contributed by atoms with E-state index in [0.29, 0.717) is 23.8 Å². The summed E-state index contributed by atoms with van der Waals surface area (Å²) in [7, 11) is 1.65. The summed E-state index contributed by atoms with van der Waals surface area (Å²) in [5.74, 6) is 1.44. The number of halogens is 1. The van der Waals surface area contributed by atoms with Gasteiger partial charge in [-0.15, -0.1) is 0 Å². The van der Waals surface area contributed by atoms with Crippen molar-refractivity contribution in [3.63, 3.8) is 0 Å². The Morgan fingerprint density at radius 3 is 2.48 bits per heavy atom. The van der Waals surface area contributed by atoms with E-state index in [1.807, 2.05) is 48.5 Å². The Labute approximate surface area is 163 Å². The van der Waals surface area contributed by atoms with Crippen LogP contribution in [0.3, 0.4) is 0 Å². The van der Waals surface area contributed by atoms with E-state index < -0.39 is 0 Å². The van der Waals surface area contributed by atoms with Gasteiger partial charge in [0.05, 0.1) is 7.11 Å². The molecular formula is C21H22ClN3O2. The minimum absolute atomic E-state index is 0.00179. The second-order valence-electron chi connectivity index (χ2n) is 6.36. The Morgan fingerprint density at radius 1 is 1.15 bits per heavy atom. The lowest BCUT2D eigenvalue weighted by atomic mass is 10.0. The highest BCUT2D eigenvalue weighted by molar-refractivity contribution is 6.30. The first-order chi connectivity index (χ1) is 13.0. The topological polar surface area (TPSA) is 67.0 Å². The first-order valence-electron chi connectivity index (χ1n) is 8.72. The lowest BCUT2D eigenvalue weighted by Crippen LogP contribution is -2.24. The van der Waals surface area contributed by atoms with Gasteiger partial charge in [-0.25, -0.2) is 4.98 Å². The SMILES string of the molecule is COc1ccc(CN[C@@H](Cc2cc(=O)[nH]c(C)n2)c2ccc(Cl)cc2)cc1. The summed E-state index contributed by atoms with van der Waals surface area (Å²) >= 11 is 6.03. The normalized spacial score (nSPS) is 12.0. The standard InChI is InChI=1S/C21H22ClN3O2/c1-14-24-18(12-21(26)25-14)11-20(16-5-7-17(22)8-6-16)23-13-15-3-9-19(27-2)10-4-15/h3-10,12,20,23H,11,13H2,1-2H3,(H,24,25,26)/t20-/m0/s1. The maximum Gasteiger partial charge on any atom is 0.251 e. The third kappa shape index (κ3) is 5.42. The van der Waals surface area contributed by atoms with Crippen molar-refractivity contribution in [2.75, 3.05) is 7.11 Å². The Bertz CT molecular complexity index is 937. The van der Waals surface area contributed by atoms with E-state index in [9.17, 15) is 4.79 Å². The minimum atomic E-state index is -0.137. The molecule has 2 N–H and O–H groups in total. The van der Waals surface area contributed by atoms with Gasteiger partial charge in [0, 0.05) is 35.8 Å². The van der Waals surface area contributed by atoms with Crippen molar-refractivity contribution in [2.24, 2.45) is 0 Å². The highest BCUT2D eigenvalue weighted by Crippen LogP contribution is 2.21. The van der Waals surface area contributed by atoms with E-state index in [0.717, 1.165) is 22.6 Å². The number of nitrogens with one attached hydrogen (secondary N) is 2.